The van der Waals surface area contributed by atoms with Crippen molar-refractivity contribution in [1.82, 2.24) is 64.3 Å². The van der Waals surface area contributed by atoms with Gasteiger partial charge in [0.2, 0.25) is 0 Å². The summed E-state index contributed by atoms with van der Waals surface area (Å²) in [7, 11) is 0. The highest BCUT2D eigenvalue weighted by Crippen LogP contribution is 2.35. The number of benzene rings is 1. The molecule has 59 heavy (non-hydrogen) atoms. The van der Waals surface area contributed by atoms with E-state index in [4.69, 9.17) is 0 Å². The van der Waals surface area contributed by atoms with E-state index in [2.05, 4.69) is 207 Å². The van der Waals surface area contributed by atoms with E-state index in [1.54, 1.807) is 4.80 Å². The van der Waals surface area contributed by atoms with Gasteiger partial charge in [0.1, 0.15) is 0 Å². The fourth-order valence-electron chi connectivity index (χ4n) is 5.63. The lowest BCUT2D eigenvalue weighted by atomic mass is 10.0. The number of rotatable bonds is 9. The number of hydrogen-bond donors (Lipinski definition) is 0. The molecular weight excluding hydrogens is 735 g/mol. The van der Waals surface area contributed by atoms with E-state index in [0.717, 1.165) is 23.6 Å². The molecule has 7 rings (SSSR count). The van der Waals surface area contributed by atoms with E-state index in [1.807, 2.05) is 39.0 Å². The largest absolute Gasteiger partial charge is 0.335 e. The van der Waals surface area contributed by atoms with Crippen molar-refractivity contribution in [2.75, 3.05) is 0 Å². The molecule has 0 radical (unpaired) electrons. The van der Waals surface area contributed by atoms with Crippen LogP contribution in [0.3, 0.4) is 0 Å². The van der Waals surface area contributed by atoms with Crippen molar-refractivity contribution >= 4 is 0 Å². The molecule has 0 spiro atoms. The van der Waals surface area contributed by atoms with Gasteiger partial charge in [-0.2, -0.15) is 20.1 Å². The van der Waals surface area contributed by atoms with E-state index in [1.165, 1.54) is 28.1 Å². The number of imidazole rings is 1. The lowest BCUT2D eigenvalue weighted by molar-refractivity contribution is 0.461. The maximum atomic E-state index is 4.31. The second kappa shape index (κ2) is 22.4. The minimum atomic E-state index is 0.363. The summed E-state index contributed by atoms with van der Waals surface area (Å²) in [6.07, 6.45) is 11.9. The average Bonchev–Trinajstić information content (AvgIpc) is 4.02. The lowest BCUT2D eigenvalue weighted by Gasteiger charge is -2.04. The molecule has 324 valence electrons. The zero-order valence-electron chi connectivity index (χ0n) is 39.5. The van der Waals surface area contributed by atoms with Crippen molar-refractivity contribution in [3.63, 3.8) is 0 Å². The molecular formula is C46H75N13. The summed E-state index contributed by atoms with van der Waals surface area (Å²) in [6, 6.07) is 10.2. The van der Waals surface area contributed by atoms with Gasteiger partial charge in [-0.25, -0.2) is 14.3 Å². The molecule has 0 saturated carbocycles. The maximum Gasteiger partial charge on any atom is 0.0951 e. The SMILES string of the molecule is CC(C)c1cn(C(C)C)cn1.CC(C)c1cn(C(C)C)nn1.CC(C)c1cnn(C(C)C)c1.CC(C)c1cnn(C(C)C)n1.CC(C)c1nnn2c1-c1ccccc1C2. The van der Waals surface area contributed by atoms with Crippen molar-refractivity contribution in [3.05, 3.63) is 95.5 Å². The van der Waals surface area contributed by atoms with Gasteiger partial charge in [0, 0.05) is 42.3 Å². The third-order valence-electron chi connectivity index (χ3n) is 9.76. The molecule has 5 aromatic heterocycles. The first-order valence-electron chi connectivity index (χ1n) is 21.6. The van der Waals surface area contributed by atoms with Crippen LogP contribution in [-0.4, -0.2) is 64.3 Å². The number of fused-ring (bicyclic) bond motifs is 3. The molecule has 0 fully saturated rings. The first-order chi connectivity index (χ1) is 27.7. The Morgan fingerprint density at radius 2 is 1.15 bits per heavy atom. The third-order valence-corrected chi connectivity index (χ3v) is 9.76. The highest BCUT2D eigenvalue weighted by Gasteiger charge is 2.25. The smallest absolute Gasteiger partial charge is 0.0951 e. The molecule has 0 atom stereocenters. The molecule has 1 aliphatic rings. The zero-order valence-corrected chi connectivity index (χ0v) is 39.5. The van der Waals surface area contributed by atoms with Crippen molar-refractivity contribution in [2.45, 2.75) is 185 Å². The number of hydrogen-bond acceptors (Lipinski definition) is 8. The van der Waals surface area contributed by atoms with E-state index in [9.17, 15) is 0 Å². The molecule has 6 aromatic rings. The van der Waals surface area contributed by atoms with Crippen LogP contribution in [0.1, 0.15) is 212 Å². The molecule has 13 heteroatoms. The molecule has 0 unspecified atom stereocenters. The van der Waals surface area contributed by atoms with Crippen LogP contribution in [-0.2, 0) is 6.54 Å². The van der Waals surface area contributed by atoms with Crippen LogP contribution < -0.4 is 0 Å². The van der Waals surface area contributed by atoms with Gasteiger partial charge in [0.05, 0.1) is 59.8 Å². The summed E-state index contributed by atoms with van der Waals surface area (Å²) in [5.74, 6) is 2.50. The standard InChI is InChI=1S/C12H13N3.2C9H16N2.2C8H15N3/c1-8(2)11-12-10-6-4-3-5-9(10)7-15(12)14-13-11;1-7(2)9-5-11(6-10-9)8(3)4;1-7(2)9-5-10-11(6-9)8(3)4;1-6(2)8-5-11(7(3)4)10-9-8;1-6(2)8-5-9-11(10-8)7(3)4/h3-6,8H,7H2,1-2H3;2*5-8H,1-4H3;2*5-7H,1-4H3. The summed E-state index contributed by atoms with van der Waals surface area (Å²) in [5.41, 5.74) is 9.60. The molecule has 0 amide bonds. The Morgan fingerprint density at radius 1 is 0.525 bits per heavy atom. The Hall–Kier alpha value is -4.94. The summed E-state index contributed by atoms with van der Waals surface area (Å²) in [4.78, 5) is 6.05. The van der Waals surface area contributed by atoms with E-state index in [-0.39, 0.29) is 0 Å². The summed E-state index contributed by atoms with van der Waals surface area (Å²) in [6.45, 7) is 39.3. The second-order valence-corrected chi connectivity index (χ2v) is 18.0. The maximum absolute atomic E-state index is 4.31. The molecule has 0 bridgehead atoms. The van der Waals surface area contributed by atoms with Gasteiger partial charge in [-0.05, 0) is 96.1 Å². The predicted octanol–water partition coefficient (Wildman–Crippen LogP) is 11.6. The fraction of sp³-hybridized carbons (Fsp3) is 0.609. The van der Waals surface area contributed by atoms with Crippen LogP contribution in [0.2, 0.25) is 0 Å². The van der Waals surface area contributed by atoms with Crippen LogP contribution in [0.4, 0.5) is 0 Å². The summed E-state index contributed by atoms with van der Waals surface area (Å²) < 4.78 is 8.01. The van der Waals surface area contributed by atoms with E-state index >= 15 is 0 Å². The van der Waals surface area contributed by atoms with E-state index < -0.39 is 0 Å². The van der Waals surface area contributed by atoms with Crippen molar-refractivity contribution in [1.29, 1.82) is 0 Å². The van der Waals surface area contributed by atoms with Gasteiger partial charge in [0.15, 0.2) is 0 Å². The summed E-state index contributed by atoms with van der Waals surface area (Å²) >= 11 is 0. The van der Waals surface area contributed by atoms with Crippen LogP contribution in [0.15, 0.2) is 61.6 Å². The minimum Gasteiger partial charge on any atom is -0.335 e. The van der Waals surface area contributed by atoms with Gasteiger partial charge < -0.3 is 4.57 Å². The van der Waals surface area contributed by atoms with Crippen molar-refractivity contribution in [3.8, 4) is 11.3 Å². The van der Waals surface area contributed by atoms with Crippen LogP contribution >= 0.6 is 0 Å². The molecule has 1 aromatic carbocycles. The molecule has 1 aliphatic heterocycles. The lowest BCUT2D eigenvalue weighted by Crippen LogP contribution is -2.05. The monoisotopic (exact) mass is 810 g/mol. The first kappa shape index (κ1) is 48.4. The number of nitrogens with zero attached hydrogens (tertiary/aromatic N) is 13. The van der Waals surface area contributed by atoms with Crippen molar-refractivity contribution in [2.24, 2.45) is 0 Å². The van der Waals surface area contributed by atoms with Gasteiger partial charge in [0.25, 0.3) is 0 Å². The molecule has 6 heterocycles. The van der Waals surface area contributed by atoms with Gasteiger partial charge in [-0.1, -0.05) is 104 Å². The Kier molecular flexibility index (Phi) is 18.4. The molecule has 13 nitrogen and oxygen atoms in total. The highest BCUT2D eigenvalue weighted by atomic mass is 15.5. The second-order valence-electron chi connectivity index (χ2n) is 18.0. The minimum absolute atomic E-state index is 0.363. The zero-order chi connectivity index (χ0) is 44.1. The summed E-state index contributed by atoms with van der Waals surface area (Å²) in [5, 5.41) is 29.2. The Balaban J connectivity index is 0.000000199. The first-order valence-corrected chi connectivity index (χ1v) is 21.6. The molecule has 0 aliphatic carbocycles. The van der Waals surface area contributed by atoms with Crippen molar-refractivity contribution < 1.29 is 0 Å². The van der Waals surface area contributed by atoms with Crippen LogP contribution in [0.25, 0.3) is 11.3 Å². The van der Waals surface area contributed by atoms with Gasteiger partial charge >= 0.3 is 0 Å². The van der Waals surface area contributed by atoms with Crippen LogP contribution in [0, 0.1) is 0 Å². The number of aromatic nitrogens is 13. The fourth-order valence-corrected chi connectivity index (χ4v) is 5.63. The Morgan fingerprint density at radius 3 is 1.56 bits per heavy atom. The van der Waals surface area contributed by atoms with E-state index in [0.29, 0.717) is 53.8 Å². The topological polar surface area (TPSA) is 128 Å². The normalized spacial score (nSPS) is 11.8. The molecule has 0 saturated heterocycles. The van der Waals surface area contributed by atoms with Gasteiger partial charge in [-0.15, -0.1) is 10.2 Å². The Labute approximate surface area is 355 Å². The van der Waals surface area contributed by atoms with Crippen LogP contribution in [0.5, 0.6) is 0 Å². The Bertz CT molecular complexity index is 1790. The van der Waals surface area contributed by atoms with Gasteiger partial charge in [-0.3, -0.25) is 4.68 Å². The third kappa shape index (κ3) is 14.1. The quantitative estimate of drug-likeness (QED) is 0.141. The highest BCUT2D eigenvalue weighted by molar-refractivity contribution is 5.69. The predicted molar refractivity (Wildman–Crippen MR) is 241 cm³/mol. The average molecular weight is 810 g/mol. The molecule has 0 N–H and O–H groups in total.